The van der Waals surface area contributed by atoms with Crippen molar-refractivity contribution >= 4 is 40.5 Å². The van der Waals surface area contributed by atoms with Crippen molar-refractivity contribution in [3.8, 4) is 11.8 Å². The molecule has 1 aliphatic carbocycles. The average molecular weight is 454 g/mol. The van der Waals surface area contributed by atoms with Crippen molar-refractivity contribution in [3.05, 3.63) is 50.1 Å². The SMILES string of the molecule is N#C[C@@H]1C[C@@H](O)[C@H](COc2cc(Cl)cc(Cl)c2)[C@H]1CCCc1ccc(C(=O)O)s1. The second kappa shape index (κ2) is 9.82. The number of benzene rings is 1. The lowest BCUT2D eigenvalue weighted by Crippen LogP contribution is -2.27. The average Bonchev–Trinajstić information content (AvgIpc) is 3.24. The number of aliphatic hydroxyl groups excluding tert-OH is 1. The molecule has 1 saturated carbocycles. The van der Waals surface area contributed by atoms with E-state index in [1.165, 1.54) is 11.3 Å². The number of nitriles is 1. The van der Waals surface area contributed by atoms with Crippen molar-refractivity contribution in [2.45, 2.75) is 31.8 Å². The van der Waals surface area contributed by atoms with Crippen LogP contribution in [0.2, 0.25) is 10.0 Å². The maximum Gasteiger partial charge on any atom is 0.345 e. The first-order valence-electron chi connectivity index (χ1n) is 9.36. The Bertz CT molecular complexity index is 890. The fourth-order valence-electron chi connectivity index (χ4n) is 3.94. The molecule has 2 N–H and O–H groups in total. The topological polar surface area (TPSA) is 90.5 Å². The van der Waals surface area contributed by atoms with E-state index in [0.717, 1.165) is 24.1 Å². The van der Waals surface area contributed by atoms with Crippen molar-refractivity contribution in [1.29, 1.82) is 5.26 Å². The second-order valence-corrected chi connectivity index (χ2v) is 9.29. The van der Waals surface area contributed by atoms with Crippen LogP contribution in [0.5, 0.6) is 5.75 Å². The zero-order valence-corrected chi connectivity index (χ0v) is 17.9. The zero-order valence-electron chi connectivity index (χ0n) is 15.6. The van der Waals surface area contributed by atoms with Gasteiger partial charge in [0.25, 0.3) is 0 Å². The zero-order chi connectivity index (χ0) is 21.0. The van der Waals surface area contributed by atoms with Crippen LogP contribution in [0.15, 0.2) is 30.3 Å². The standard InChI is InChI=1S/C21H21Cl2NO4S/c22-13-7-14(23)9-15(8-13)28-11-18-17(12(10-24)6-19(18)25)3-1-2-16-4-5-20(29-16)21(26)27/h4-5,7-9,12,17-19,25H,1-3,6,11H2,(H,26,27)/t12-,17-,18+,19+/m0/s1. The largest absolute Gasteiger partial charge is 0.493 e. The van der Waals surface area contributed by atoms with Gasteiger partial charge in [-0.1, -0.05) is 23.2 Å². The van der Waals surface area contributed by atoms with Crippen molar-refractivity contribution in [2.75, 3.05) is 6.61 Å². The molecule has 1 aliphatic rings. The molecule has 8 heteroatoms. The van der Waals surface area contributed by atoms with E-state index in [1.807, 2.05) is 6.07 Å². The molecule has 1 fully saturated rings. The van der Waals surface area contributed by atoms with Crippen molar-refractivity contribution in [3.63, 3.8) is 0 Å². The number of aliphatic hydroxyl groups is 1. The van der Waals surface area contributed by atoms with Gasteiger partial charge in [-0.25, -0.2) is 4.79 Å². The molecule has 0 amide bonds. The van der Waals surface area contributed by atoms with Gasteiger partial charge in [0, 0.05) is 20.8 Å². The molecule has 1 aromatic carbocycles. The molecule has 2 aromatic rings. The van der Waals surface area contributed by atoms with Crippen LogP contribution in [-0.4, -0.2) is 28.9 Å². The van der Waals surface area contributed by atoms with Gasteiger partial charge in [0.05, 0.1) is 24.7 Å². The van der Waals surface area contributed by atoms with Crippen LogP contribution in [0.25, 0.3) is 0 Å². The van der Waals surface area contributed by atoms with Crippen LogP contribution in [-0.2, 0) is 6.42 Å². The summed E-state index contributed by atoms with van der Waals surface area (Å²) in [5.41, 5.74) is 0. The highest BCUT2D eigenvalue weighted by molar-refractivity contribution is 7.13. The van der Waals surface area contributed by atoms with E-state index in [-0.39, 0.29) is 24.4 Å². The molecule has 0 radical (unpaired) electrons. The first kappa shape index (κ1) is 21.9. The minimum Gasteiger partial charge on any atom is -0.493 e. The lowest BCUT2D eigenvalue weighted by Gasteiger charge is -2.23. The number of rotatable bonds is 8. The third-order valence-corrected chi connectivity index (χ3v) is 6.90. The van der Waals surface area contributed by atoms with Gasteiger partial charge in [-0.05, 0) is 61.9 Å². The molecule has 154 valence electrons. The summed E-state index contributed by atoms with van der Waals surface area (Å²) in [5.74, 6) is -0.741. The number of thiophene rings is 1. The highest BCUT2D eigenvalue weighted by Crippen LogP contribution is 2.41. The summed E-state index contributed by atoms with van der Waals surface area (Å²) in [6.45, 7) is 0.281. The highest BCUT2D eigenvalue weighted by Gasteiger charge is 2.42. The van der Waals surface area contributed by atoms with E-state index in [0.29, 0.717) is 27.1 Å². The molecular weight excluding hydrogens is 433 g/mol. The number of aromatic carboxylic acids is 1. The van der Waals surface area contributed by atoms with Gasteiger partial charge in [0.2, 0.25) is 0 Å². The lowest BCUT2D eigenvalue weighted by atomic mass is 9.85. The van der Waals surface area contributed by atoms with E-state index in [1.54, 1.807) is 24.3 Å². The molecular formula is C21H21Cl2NO4S. The summed E-state index contributed by atoms with van der Waals surface area (Å²) < 4.78 is 5.84. The maximum absolute atomic E-state index is 11.0. The van der Waals surface area contributed by atoms with Crippen molar-refractivity contribution in [2.24, 2.45) is 17.8 Å². The molecule has 3 rings (SSSR count). The van der Waals surface area contributed by atoms with Crippen molar-refractivity contribution in [1.82, 2.24) is 0 Å². The molecule has 0 bridgehead atoms. The number of ether oxygens (including phenoxy) is 1. The van der Waals surface area contributed by atoms with Crippen molar-refractivity contribution < 1.29 is 19.7 Å². The lowest BCUT2D eigenvalue weighted by molar-refractivity contribution is 0.0701. The number of nitrogens with zero attached hydrogens (tertiary/aromatic N) is 1. The fourth-order valence-corrected chi connectivity index (χ4v) is 5.33. The summed E-state index contributed by atoms with van der Waals surface area (Å²) in [4.78, 5) is 12.3. The van der Waals surface area contributed by atoms with Crippen LogP contribution >= 0.6 is 34.5 Å². The fraction of sp³-hybridized carbons (Fsp3) is 0.429. The number of hydrogen-bond acceptors (Lipinski definition) is 5. The number of carboxylic acid groups (broad SMARTS) is 1. The summed E-state index contributed by atoms with van der Waals surface area (Å²) >= 11 is 13.3. The predicted octanol–water partition coefficient (Wildman–Crippen LogP) is 5.29. The molecule has 0 spiro atoms. The Morgan fingerprint density at radius 3 is 2.59 bits per heavy atom. The van der Waals surface area contributed by atoms with Crippen LogP contribution in [0.3, 0.4) is 0 Å². The highest BCUT2D eigenvalue weighted by atomic mass is 35.5. The third kappa shape index (κ3) is 5.64. The Morgan fingerprint density at radius 2 is 1.97 bits per heavy atom. The van der Waals surface area contributed by atoms with E-state index in [4.69, 9.17) is 33.0 Å². The predicted molar refractivity (Wildman–Crippen MR) is 113 cm³/mol. The van der Waals surface area contributed by atoms with E-state index in [9.17, 15) is 15.2 Å². The quantitative estimate of drug-likeness (QED) is 0.566. The maximum atomic E-state index is 11.0. The third-order valence-electron chi connectivity index (χ3n) is 5.33. The van der Waals surface area contributed by atoms with Gasteiger partial charge < -0.3 is 14.9 Å². The minimum atomic E-state index is -0.914. The van der Waals surface area contributed by atoms with E-state index >= 15 is 0 Å². The normalized spacial score (nSPS) is 23.7. The molecule has 1 heterocycles. The molecule has 0 saturated heterocycles. The smallest absolute Gasteiger partial charge is 0.345 e. The Balaban J connectivity index is 1.60. The molecule has 1 aromatic heterocycles. The van der Waals surface area contributed by atoms with E-state index < -0.39 is 12.1 Å². The minimum absolute atomic E-state index is 0.0172. The Morgan fingerprint density at radius 1 is 1.24 bits per heavy atom. The van der Waals surface area contributed by atoms with Gasteiger partial charge in [-0.15, -0.1) is 11.3 Å². The second-order valence-electron chi connectivity index (χ2n) is 7.25. The first-order chi connectivity index (χ1) is 13.9. The number of carboxylic acids is 1. The van der Waals surface area contributed by atoms with E-state index in [2.05, 4.69) is 6.07 Å². The molecule has 29 heavy (non-hydrogen) atoms. The number of hydrogen-bond donors (Lipinski definition) is 2. The molecule has 0 aliphatic heterocycles. The number of halogens is 2. The molecule has 0 unspecified atom stereocenters. The summed E-state index contributed by atoms with van der Waals surface area (Å²) in [6, 6.07) is 10.7. The Kier molecular flexibility index (Phi) is 7.42. The summed E-state index contributed by atoms with van der Waals surface area (Å²) in [7, 11) is 0. The van der Waals surface area contributed by atoms with Gasteiger partial charge in [-0.3, -0.25) is 0 Å². The van der Waals surface area contributed by atoms with Crippen LogP contribution in [0.1, 0.15) is 33.8 Å². The van der Waals surface area contributed by atoms with Gasteiger partial charge in [-0.2, -0.15) is 5.26 Å². The summed E-state index contributed by atoms with van der Waals surface area (Å²) in [5, 5.41) is 30.0. The number of aryl methyl sites for hydroxylation is 1. The summed E-state index contributed by atoms with van der Waals surface area (Å²) in [6.07, 6.45) is 2.17. The Hall–Kier alpha value is -1.78. The van der Waals surface area contributed by atoms with Crippen LogP contribution in [0, 0.1) is 29.1 Å². The molecule has 4 atom stereocenters. The van der Waals surface area contributed by atoms with Crippen LogP contribution < -0.4 is 4.74 Å². The Labute approximate surface area is 183 Å². The monoisotopic (exact) mass is 453 g/mol. The molecule has 5 nitrogen and oxygen atoms in total. The number of carbonyl (C=O) groups is 1. The first-order valence-corrected chi connectivity index (χ1v) is 10.9. The van der Waals surface area contributed by atoms with Gasteiger partial charge >= 0.3 is 5.97 Å². The van der Waals surface area contributed by atoms with Crippen LogP contribution in [0.4, 0.5) is 0 Å². The van der Waals surface area contributed by atoms with Gasteiger partial charge in [0.15, 0.2) is 0 Å². The van der Waals surface area contributed by atoms with Gasteiger partial charge in [0.1, 0.15) is 10.6 Å².